The van der Waals surface area contributed by atoms with E-state index in [2.05, 4.69) is 5.32 Å². The molecule has 0 aromatic heterocycles. The summed E-state index contributed by atoms with van der Waals surface area (Å²) < 4.78 is 5.37. The van der Waals surface area contributed by atoms with Gasteiger partial charge in [-0.2, -0.15) is 0 Å². The van der Waals surface area contributed by atoms with E-state index in [9.17, 15) is 9.59 Å². The fourth-order valence-electron chi connectivity index (χ4n) is 1.42. The summed E-state index contributed by atoms with van der Waals surface area (Å²) in [5, 5.41) is 2.86. The number of carbonyl (C=O) groups is 2. The SMILES string of the molecule is CC(=O)c1cccc(OCC(=O)NC(C)C(C)C)c1. The van der Waals surface area contributed by atoms with Crippen molar-refractivity contribution in [1.82, 2.24) is 5.32 Å². The van der Waals surface area contributed by atoms with Crippen molar-refractivity contribution in [3.63, 3.8) is 0 Å². The molecule has 0 radical (unpaired) electrons. The molecule has 1 aromatic carbocycles. The van der Waals surface area contributed by atoms with Gasteiger partial charge in [0.05, 0.1) is 0 Å². The van der Waals surface area contributed by atoms with Gasteiger partial charge in [0.1, 0.15) is 5.75 Å². The Labute approximate surface area is 114 Å². The van der Waals surface area contributed by atoms with Gasteiger partial charge in [0, 0.05) is 11.6 Å². The molecule has 0 spiro atoms. The molecule has 0 aliphatic carbocycles. The van der Waals surface area contributed by atoms with E-state index in [4.69, 9.17) is 4.74 Å². The van der Waals surface area contributed by atoms with Crippen LogP contribution in [0.4, 0.5) is 0 Å². The molecular formula is C15H21NO3. The molecule has 0 saturated heterocycles. The Hall–Kier alpha value is -1.84. The number of benzene rings is 1. The van der Waals surface area contributed by atoms with Crippen LogP contribution in [0.1, 0.15) is 38.1 Å². The molecule has 0 aliphatic heterocycles. The Morgan fingerprint density at radius 3 is 2.53 bits per heavy atom. The van der Waals surface area contributed by atoms with E-state index in [0.717, 1.165) is 0 Å². The van der Waals surface area contributed by atoms with Gasteiger partial charge in [0.2, 0.25) is 0 Å². The molecule has 0 heterocycles. The normalized spacial score (nSPS) is 12.1. The third kappa shape index (κ3) is 5.12. The van der Waals surface area contributed by atoms with Gasteiger partial charge in [0.25, 0.3) is 5.91 Å². The highest BCUT2D eigenvalue weighted by molar-refractivity contribution is 5.94. The van der Waals surface area contributed by atoms with E-state index in [-0.39, 0.29) is 24.3 Å². The molecule has 1 N–H and O–H groups in total. The van der Waals surface area contributed by atoms with Crippen molar-refractivity contribution in [3.8, 4) is 5.75 Å². The van der Waals surface area contributed by atoms with Crippen molar-refractivity contribution in [3.05, 3.63) is 29.8 Å². The summed E-state index contributed by atoms with van der Waals surface area (Å²) in [6.45, 7) is 7.50. The average molecular weight is 263 g/mol. The molecule has 1 aromatic rings. The molecule has 0 bridgehead atoms. The van der Waals surface area contributed by atoms with Gasteiger partial charge in [0.15, 0.2) is 12.4 Å². The lowest BCUT2D eigenvalue weighted by Crippen LogP contribution is -2.38. The maximum atomic E-state index is 11.6. The first-order valence-corrected chi connectivity index (χ1v) is 6.43. The second-order valence-electron chi connectivity index (χ2n) is 4.97. The van der Waals surface area contributed by atoms with E-state index in [1.54, 1.807) is 24.3 Å². The highest BCUT2D eigenvalue weighted by Gasteiger charge is 2.11. The zero-order valence-electron chi connectivity index (χ0n) is 11.9. The quantitative estimate of drug-likeness (QED) is 0.802. The van der Waals surface area contributed by atoms with Gasteiger partial charge in [-0.1, -0.05) is 26.0 Å². The molecule has 4 nitrogen and oxygen atoms in total. The molecule has 0 fully saturated rings. The zero-order valence-corrected chi connectivity index (χ0v) is 11.9. The highest BCUT2D eigenvalue weighted by Crippen LogP contribution is 2.13. The lowest BCUT2D eigenvalue weighted by Gasteiger charge is -2.17. The number of nitrogens with one attached hydrogen (secondary N) is 1. The second kappa shape index (κ2) is 6.92. The van der Waals surface area contributed by atoms with Crippen LogP contribution in [-0.4, -0.2) is 24.3 Å². The van der Waals surface area contributed by atoms with Gasteiger partial charge >= 0.3 is 0 Å². The van der Waals surface area contributed by atoms with Gasteiger partial charge in [-0.25, -0.2) is 0 Å². The number of carbonyl (C=O) groups excluding carboxylic acids is 2. The number of Topliss-reactive ketones (excluding diaryl/α,β-unsaturated/α-hetero) is 1. The van der Waals surface area contributed by atoms with Crippen LogP contribution in [0.25, 0.3) is 0 Å². The lowest BCUT2D eigenvalue weighted by molar-refractivity contribution is -0.124. The smallest absolute Gasteiger partial charge is 0.258 e. The summed E-state index contributed by atoms with van der Waals surface area (Å²) in [6.07, 6.45) is 0. The van der Waals surface area contributed by atoms with Crippen LogP contribution in [0.3, 0.4) is 0 Å². The predicted molar refractivity (Wildman–Crippen MR) is 74.4 cm³/mol. The minimum Gasteiger partial charge on any atom is -0.484 e. The summed E-state index contributed by atoms with van der Waals surface area (Å²) in [4.78, 5) is 22.9. The van der Waals surface area contributed by atoms with Gasteiger partial charge in [-0.05, 0) is 31.9 Å². The third-order valence-electron chi connectivity index (χ3n) is 3.00. The fourth-order valence-corrected chi connectivity index (χ4v) is 1.42. The Balaban J connectivity index is 2.50. The van der Waals surface area contributed by atoms with E-state index < -0.39 is 0 Å². The first kappa shape index (κ1) is 15.2. The number of rotatable bonds is 6. The number of hydrogen-bond acceptors (Lipinski definition) is 3. The molecule has 0 aliphatic rings. The summed E-state index contributed by atoms with van der Waals surface area (Å²) in [7, 11) is 0. The number of hydrogen-bond donors (Lipinski definition) is 1. The van der Waals surface area contributed by atoms with Crippen LogP contribution in [0.2, 0.25) is 0 Å². The second-order valence-corrected chi connectivity index (χ2v) is 4.97. The minimum absolute atomic E-state index is 0.0247. The van der Waals surface area contributed by atoms with E-state index >= 15 is 0 Å². The Bertz CT molecular complexity index is 454. The van der Waals surface area contributed by atoms with Gasteiger partial charge in [-0.3, -0.25) is 9.59 Å². The van der Waals surface area contributed by atoms with Crippen LogP contribution in [0.5, 0.6) is 5.75 Å². The minimum atomic E-state index is -0.158. The standard InChI is InChI=1S/C15H21NO3/c1-10(2)11(3)16-15(18)9-19-14-7-5-6-13(8-14)12(4)17/h5-8,10-11H,9H2,1-4H3,(H,16,18). The van der Waals surface area contributed by atoms with Crippen LogP contribution in [-0.2, 0) is 4.79 Å². The lowest BCUT2D eigenvalue weighted by atomic mass is 10.1. The van der Waals surface area contributed by atoms with Gasteiger partial charge < -0.3 is 10.1 Å². The molecular weight excluding hydrogens is 242 g/mol. The van der Waals surface area contributed by atoms with Crippen molar-refractivity contribution in [2.75, 3.05) is 6.61 Å². The first-order chi connectivity index (χ1) is 8.90. The summed E-state index contributed by atoms with van der Waals surface area (Å²) in [5.74, 6) is 0.725. The van der Waals surface area contributed by atoms with Crippen LogP contribution in [0.15, 0.2) is 24.3 Å². The molecule has 4 heteroatoms. The summed E-state index contributed by atoms with van der Waals surface area (Å²) in [5.41, 5.74) is 0.577. The number of amides is 1. The fraction of sp³-hybridized carbons (Fsp3) is 0.467. The Kier molecular flexibility index (Phi) is 5.55. The monoisotopic (exact) mass is 263 g/mol. The van der Waals surface area contributed by atoms with Crippen LogP contribution >= 0.6 is 0 Å². The molecule has 104 valence electrons. The molecule has 0 saturated carbocycles. The Morgan fingerprint density at radius 1 is 1.26 bits per heavy atom. The van der Waals surface area contributed by atoms with E-state index in [1.807, 2.05) is 20.8 Å². The molecule has 1 atom stereocenters. The van der Waals surface area contributed by atoms with Crippen molar-refractivity contribution in [2.45, 2.75) is 33.7 Å². The topological polar surface area (TPSA) is 55.4 Å². The van der Waals surface area contributed by atoms with Crippen LogP contribution < -0.4 is 10.1 Å². The van der Waals surface area contributed by atoms with Crippen molar-refractivity contribution in [1.29, 1.82) is 0 Å². The van der Waals surface area contributed by atoms with E-state index in [1.165, 1.54) is 6.92 Å². The Morgan fingerprint density at radius 2 is 1.95 bits per heavy atom. The van der Waals surface area contributed by atoms with Crippen molar-refractivity contribution < 1.29 is 14.3 Å². The zero-order chi connectivity index (χ0) is 14.4. The molecule has 1 rings (SSSR count). The van der Waals surface area contributed by atoms with Crippen molar-refractivity contribution in [2.24, 2.45) is 5.92 Å². The molecule has 1 amide bonds. The van der Waals surface area contributed by atoms with E-state index in [0.29, 0.717) is 17.2 Å². The summed E-state index contributed by atoms with van der Waals surface area (Å²) >= 11 is 0. The van der Waals surface area contributed by atoms with Crippen molar-refractivity contribution >= 4 is 11.7 Å². The maximum Gasteiger partial charge on any atom is 0.258 e. The summed E-state index contributed by atoms with van der Waals surface area (Å²) in [6, 6.07) is 6.93. The highest BCUT2D eigenvalue weighted by atomic mass is 16.5. The average Bonchev–Trinajstić information content (AvgIpc) is 2.36. The third-order valence-corrected chi connectivity index (χ3v) is 3.00. The number of ether oxygens (including phenoxy) is 1. The largest absolute Gasteiger partial charge is 0.484 e. The van der Waals surface area contributed by atoms with Gasteiger partial charge in [-0.15, -0.1) is 0 Å². The van der Waals surface area contributed by atoms with Crippen LogP contribution in [0, 0.1) is 5.92 Å². The first-order valence-electron chi connectivity index (χ1n) is 6.43. The molecule has 19 heavy (non-hydrogen) atoms. The predicted octanol–water partition coefficient (Wildman–Crippen LogP) is 2.43. The number of ketones is 1. The maximum absolute atomic E-state index is 11.6. The molecule has 1 unspecified atom stereocenters.